The molecule has 0 aliphatic carbocycles. The Kier molecular flexibility index (Phi) is 4.42. The lowest BCUT2D eigenvalue weighted by Crippen LogP contribution is -2.32. The average Bonchev–Trinajstić information content (AvgIpc) is 2.66. The van der Waals surface area contributed by atoms with Gasteiger partial charge in [0.05, 0.1) is 6.61 Å². The molecule has 0 amide bonds. The van der Waals surface area contributed by atoms with Crippen molar-refractivity contribution in [3.8, 4) is 0 Å². The Labute approximate surface area is 83.6 Å². The molecule has 0 spiro atoms. The monoisotopic (exact) mass is 199 g/mol. The standard InChI is InChI=1S/C10H17NOS/c1-3-9(11-8(2)7-12)10-5-4-6-13-10/h4-6,8-9,11-12H,3,7H2,1-2H3. The summed E-state index contributed by atoms with van der Waals surface area (Å²) in [5.41, 5.74) is 0. The molecule has 0 fully saturated rings. The molecule has 2 unspecified atom stereocenters. The van der Waals surface area contributed by atoms with E-state index in [1.54, 1.807) is 11.3 Å². The van der Waals surface area contributed by atoms with Crippen LogP contribution in [0.2, 0.25) is 0 Å². The van der Waals surface area contributed by atoms with Gasteiger partial charge in [0.15, 0.2) is 0 Å². The summed E-state index contributed by atoms with van der Waals surface area (Å²) in [5.74, 6) is 0. The predicted octanol–water partition coefficient (Wildman–Crippen LogP) is 2.17. The molecule has 74 valence electrons. The minimum Gasteiger partial charge on any atom is -0.395 e. The molecule has 1 aromatic rings. The van der Waals surface area contributed by atoms with Crippen molar-refractivity contribution in [2.75, 3.05) is 6.61 Å². The van der Waals surface area contributed by atoms with Crippen molar-refractivity contribution in [2.45, 2.75) is 32.4 Å². The number of hydrogen-bond donors (Lipinski definition) is 2. The molecule has 1 heterocycles. The first-order valence-corrected chi connectivity index (χ1v) is 5.56. The molecule has 0 aliphatic rings. The number of aliphatic hydroxyl groups is 1. The highest BCUT2D eigenvalue weighted by Gasteiger charge is 2.11. The maximum atomic E-state index is 8.92. The Bertz CT molecular complexity index is 223. The van der Waals surface area contributed by atoms with Crippen molar-refractivity contribution in [1.29, 1.82) is 0 Å². The second-order valence-electron chi connectivity index (χ2n) is 3.23. The van der Waals surface area contributed by atoms with E-state index >= 15 is 0 Å². The molecule has 13 heavy (non-hydrogen) atoms. The van der Waals surface area contributed by atoms with E-state index in [4.69, 9.17) is 5.11 Å². The van der Waals surface area contributed by atoms with Crippen molar-refractivity contribution >= 4 is 11.3 Å². The Morgan fingerprint density at radius 2 is 2.38 bits per heavy atom. The van der Waals surface area contributed by atoms with Crippen molar-refractivity contribution in [1.82, 2.24) is 5.32 Å². The maximum absolute atomic E-state index is 8.92. The Balaban J connectivity index is 2.53. The van der Waals surface area contributed by atoms with Gasteiger partial charge in [0.1, 0.15) is 0 Å². The first-order chi connectivity index (χ1) is 6.27. The normalized spacial score (nSPS) is 15.6. The van der Waals surface area contributed by atoms with E-state index in [1.165, 1.54) is 4.88 Å². The van der Waals surface area contributed by atoms with Gasteiger partial charge in [-0.3, -0.25) is 0 Å². The van der Waals surface area contributed by atoms with Gasteiger partial charge in [0.2, 0.25) is 0 Å². The second kappa shape index (κ2) is 5.37. The fourth-order valence-corrected chi connectivity index (χ4v) is 2.16. The zero-order chi connectivity index (χ0) is 9.68. The second-order valence-corrected chi connectivity index (χ2v) is 4.21. The first-order valence-electron chi connectivity index (χ1n) is 4.68. The van der Waals surface area contributed by atoms with Crippen LogP contribution in [0.3, 0.4) is 0 Å². The molecule has 0 bridgehead atoms. The fourth-order valence-electron chi connectivity index (χ4n) is 1.29. The number of nitrogens with one attached hydrogen (secondary N) is 1. The van der Waals surface area contributed by atoms with E-state index in [0.717, 1.165) is 6.42 Å². The summed E-state index contributed by atoms with van der Waals surface area (Å²) >= 11 is 1.76. The van der Waals surface area contributed by atoms with Crippen LogP contribution in [0.15, 0.2) is 17.5 Å². The molecule has 2 nitrogen and oxygen atoms in total. The van der Waals surface area contributed by atoms with Gasteiger partial charge in [-0.05, 0) is 24.8 Å². The van der Waals surface area contributed by atoms with Crippen molar-refractivity contribution < 1.29 is 5.11 Å². The highest BCUT2D eigenvalue weighted by molar-refractivity contribution is 7.10. The number of thiophene rings is 1. The average molecular weight is 199 g/mol. The highest BCUT2D eigenvalue weighted by atomic mass is 32.1. The van der Waals surface area contributed by atoms with Gasteiger partial charge in [-0.15, -0.1) is 11.3 Å². The Morgan fingerprint density at radius 1 is 1.62 bits per heavy atom. The number of hydrogen-bond acceptors (Lipinski definition) is 3. The van der Waals surface area contributed by atoms with E-state index in [1.807, 2.05) is 6.92 Å². The quantitative estimate of drug-likeness (QED) is 0.761. The van der Waals surface area contributed by atoms with E-state index in [-0.39, 0.29) is 12.6 Å². The summed E-state index contributed by atoms with van der Waals surface area (Å²) in [6.45, 7) is 4.35. The van der Waals surface area contributed by atoms with Crippen LogP contribution < -0.4 is 5.32 Å². The molecular weight excluding hydrogens is 182 g/mol. The summed E-state index contributed by atoms with van der Waals surface area (Å²) in [4.78, 5) is 1.35. The smallest absolute Gasteiger partial charge is 0.0582 e. The van der Waals surface area contributed by atoms with E-state index in [2.05, 4.69) is 29.8 Å². The maximum Gasteiger partial charge on any atom is 0.0582 e. The van der Waals surface area contributed by atoms with Crippen LogP contribution in [0.25, 0.3) is 0 Å². The largest absolute Gasteiger partial charge is 0.395 e. The molecule has 0 saturated heterocycles. The number of rotatable bonds is 5. The third-order valence-electron chi connectivity index (χ3n) is 2.05. The SMILES string of the molecule is CCC(NC(C)CO)c1cccs1. The van der Waals surface area contributed by atoms with Gasteiger partial charge in [0, 0.05) is 17.0 Å². The lowest BCUT2D eigenvalue weighted by atomic mass is 10.1. The van der Waals surface area contributed by atoms with Crippen molar-refractivity contribution in [2.24, 2.45) is 0 Å². The van der Waals surface area contributed by atoms with Crippen LogP contribution >= 0.6 is 11.3 Å². The van der Waals surface area contributed by atoms with E-state index < -0.39 is 0 Å². The Hall–Kier alpha value is -0.380. The molecule has 2 atom stereocenters. The molecular formula is C10H17NOS. The summed E-state index contributed by atoms with van der Waals surface area (Å²) < 4.78 is 0. The van der Waals surface area contributed by atoms with Gasteiger partial charge in [-0.25, -0.2) is 0 Å². The summed E-state index contributed by atoms with van der Waals surface area (Å²) in [6, 6.07) is 4.76. The molecule has 0 aliphatic heterocycles. The third kappa shape index (κ3) is 3.10. The predicted molar refractivity (Wildman–Crippen MR) is 57.0 cm³/mol. The summed E-state index contributed by atoms with van der Waals surface area (Å²) in [7, 11) is 0. The molecule has 0 saturated carbocycles. The third-order valence-corrected chi connectivity index (χ3v) is 3.04. The van der Waals surface area contributed by atoms with Crippen molar-refractivity contribution in [3.63, 3.8) is 0 Å². The highest BCUT2D eigenvalue weighted by Crippen LogP contribution is 2.21. The fraction of sp³-hybridized carbons (Fsp3) is 0.600. The van der Waals surface area contributed by atoms with Crippen LogP contribution in [0.5, 0.6) is 0 Å². The van der Waals surface area contributed by atoms with Gasteiger partial charge in [0.25, 0.3) is 0 Å². The molecule has 1 aromatic heterocycles. The van der Waals surface area contributed by atoms with Crippen LogP contribution in [-0.2, 0) is 0 Å². The van der Waals surface area contributed by atoms with Crippen LogP contribution in [0.4, 0.5) is 0 Å². The van der Waals surface area contributed by atoms with Crippen LogP contribution in [-0.4, -0.2) is 17.8 Å². The number of aliphatic hydroxyl groups excluding tert-OH is 1. The summed E-state index contributed by atoms with van der Waals surface area (Å²) in [5, 5.41) is 14.4. The summed E-state index contributed by atoms with van der Waals surface area (Å²) in [6.07, 6.45) is 1.06. The molecule has 1 rings (SSSR count). The molecule has 0 radical (unpaired) electrons. The zero-order valence-corrected chi connectivity index (χ0v) is 8.97. The zero-order valence-electron chi connectivity index (χ0n) is 8.16. The lowest BCUT2D eigenvalue weighted by molar-refractivity contribution is 0.240. The van der Waals surface area contributed by atoms with Gasteiger partial charge >= 0.3 is 0 Å². The molecule has 2 N–H and O–H groups in total. The minimum absolute atomic E-state index is 0.173. The van der Waals surface area contributed by atoms with Gasteiger partial charge < -0.3 is 10.4 Å². The van der Waals surface area contributed by atoms with Gasteiger partial charge in [-0.2, -0.15) is 0 Å². The first kappa shape index (κ1) is 10.7. The van der Waals surface area contributed by atoms with E-state index in [0.29, 0.717) is 6.04 Å². The lowest BCUT2D eigenvalue weighted by Gasteiger charge is -2.19. The Morgan fingerprint density at radius 3 is 2.85 bits per heavy atom. The van der Waals surface area contributed by atoms with Crippen LogP contribution in [0, 0.1) is 0 Å². The molecule has 0 aromatic carbocycles. The molecule has 3 heteroatoms. The van der Waals surface area contributed by atoms with E-state index in [9.17, 15) is 0 Å². The van der Waals surface area contributed by atoms with Gasteiger partial charge in [-0.1, -0.05) is 13.0 Å². The topological polar surface area (TPSA) is 32.3 Å². The van der Waals surface area contributed by atoms with Crippen molar-refractivity contribution in [3.05, 3.63) is 22.4 Å². The minimum atomic E-state index is 0.173. The van der Waals surface area contributed by atoms with Crippen LogP contribution in [0.1, 0.15) is 31.2 Å².